The maximum absolute atomic E-state index is 14.1. The molecule has 0 spiro atoms. The van der Waals surface area contributed by atoms with Crippen molar-refractivity contribution in [3.63, 3.8) is 0 Å². The van der Waals surface area contributed by atoms with E-state index in [2.05, 4.69) is 4.98 Å². The smallest absolute Gasteiger partial charge is 0.408 e. The molecule has 1 aromatic heterocycles. The van der Waals surface area contributed by atoms with Gasteiger partial charge in [0.2, 0.25) is 0 Å². The van der Waals surface area contributed by atoms with Crippen molar-refractivity contribution in [3.8, 4) is 11.8 Å². The normalized spacial score (nSPS) is 14.7. The average Bonchev–Trinajstić information content (AvgIpc) is 3.56. The summed E-state index contributed by atoms with van der Waals surface area (Å²) in [5.74, 6) is -0.540. The Hall–Kier alpha value is -3.44. The van der Waals surface area contributed by atoms with Crippen LogP contribution in [0.3, 0.4) is 0 Å². The third kappa shape index (κ3) is 4.16. The number of nitrogens with zero attached hydrogens (tertiary/aromatic N) is 4. The Morgan fingerprint density at radius 2 is 2.03 bits per heavy atom. The second-order valence-corrected chi connectivity index (χ2v) is 9.57. The van der Waals surface area contributed by atoms with Gasteiger partial charge < -0.3 is 5.11 Å². The summed E-state index contributed by atoms with van der Waals surface area (Å²) in [6.45, 7) is 5.33. The van der Waals surface area contributed by atoms with E-state index in [1.54, 1.807) is 39.0 Å². The summed E-state index contributed by atoms with van der Waals surface area (Å²) in [4.78, 5) is 32.1. The molecule has 1 saturated carbocycles. The van der Waals surface area contributed by atoms with Crippen molar-refractivity contribution in [2.24, 2.45) is 5.92 Å². The van der Waals surface area contributed by atoms with Crippen LogP contribution in [0.25, 0.3) is 16.6 Å². The van der Waals surface area contributed by atoms with Crippen molar-refractivity contribution < 1.29 is 14.3 Å². The molecular formula is C24H22ClFN4O3. The van der Waals surface area contributed by atoms with E-state index in [1.165, 1.54) is 15.5 Å². The van der Waals surface area contributed by atoms with Crippen LogP contribution in [0.5, 0.6) is 0 Å². The van der Waals surface area contributed by atoms with Crippen LogP contribution in [0.2, 0.25) is 5.02 Å². The molecule has 33 heavy (non-hydrogen) atoms. The lowest BCUT2D eigenvalue weighted by atomic mass is 9.99. The highest BCUT2D eigenvalue weighted by molar-refractivity contribution is 6.35. The van der Waals surface area contributed by atoms with E-state index in [1.807, 2.05) is 6.07 Å². The first-order valence-electron chi connectivity index (χ1n) is 10.5. The Kier molecular flexibility index (Phi) is 5.62. The molecule has 4 rings (SSSR count). The van der Waals surface area contributed by atoms with Crippen LogP contribution in [0.4, 0.5) is 9.18 Å². The number of rotatable bonds is 4. The van der Waals surface area contributed by atoms with E-state index in [9.17, 15) is 24.3 Å². The number of fused-ring (bicyclic) bond motifs is 1. The first-order chi connectivity index (χ1) is 15.5. The topological polar surface area (TPSA) is 99.2 Å². The monoisotopic (exact) mass is 468 g/mol. The summed E-state index contributed by atoms with van der Waals surface area (Å²) < 4.78 is 15.4. The van der Waals surface area contributed by atoms with E-state index in [4.69, 9.17) is 11.6 Å². The van der Waals surface area contributed by atoms with Crippen molar-refractivity contribution in [1.29, 1.82) is 5.26 Å². The lowest BCUT2D eigenvalue weighted by Crippen LogP contribution is -2.49. The van der Waals surface area contributed by atoms with Crippen molar-refractivity contribution in [1.82, 2.24) is 14.5 Å². The van der Waals surface area contributed by atoms with Crippen LogP contribution >= 0.6 is 11.6 Å². The highest BCUT2D eigenvalue weighted by Gasteiger charge is 2.45. The van der Waals surface area contributed by atoms with Crippen LogP contribution in [0.1, 0.15) is 51.0 Å². The molecule has 170 valence electrons. The number of hydrogen-bond donors (Lipinski definition) is 1. The molecule has 1 atom stereocenters. The van der Waals surface area contributed by atoms with Crippen LogP contribution in [0, 0.1) is 23.1 Å². The maximum Gasteiger partial charge on any atom is 0.408 e. The minimum Gasteiger partial charge on any atom is -0.465 e. The van der Waals surface area contributed by atoms with Gasteiger partial charge in [-0.05, 0) is 69.9 Å². The third-order valence-corrected chi connectivity index (χ3v) is 5.98. The quantitative estimate of drug-likeness (QED) is 0.561. The van der Waals surface area contributed by atoms with Crippen LogP contribution < -0.4 is 5.56 Å². The van der Waals surface area contributed by atoms with Gasteiger partial charge in [-0.25, -0.2) is 14.2 Å². The summed E-state index contributed by atoms with van der Waals surface area (Å²) in [6.07, 6.45) is 0.401. The van der Waals surface area contributed by atoms with E-state index in [0.717, 1.165) is 25.0 Å². The minimum absolute atomic E-state index is 0.0294. The number of carbonyl (C=O) groups is 1. The lowest BCUT2D eigenvalue weighted by molar-refractivity contribution is 0.0582. The molecule has 2 aromatic carbocycles. The number of benzene rings is 2. The van der Waals surface area contributed by atoms with Gasteiger partial charge >= 0.3 is 6.09 Å². The maximum atomic E-state index is 14.1. The van der Waals surface area contributed by atoms with Crippen LogP contribution in [-0.4, -0.2) is 31.2 Å². The van der Waals surface area contributed by atoms with Crippen molar-refractivity contribution in [2.75, 3.05) is 0 Å². The molecule has 0 radical (unpaired) electrons. The minimum atomic E-state index is -1.14. The van der Waals surface area contributed by atoms with Crippen LogP contribution in [0.15, 0.2) is 41.2 Å². The van der Waals surface area contributed by atoms with E-state index in [0.29, 0.717) is 11.3 Å². The molecule has 1 N–H and O–H groups in total. The summed E-state index contributed by atoms with van der Waals surface area (Å²) in [5.41, 5.74) is -0.616. The average molecular weight is 469 g/mol. The summed E-state index contributed by atoms with van der Waals surface area (Å²) in [7, 11) is 0. The highest BCUT2D eigenvalue weighted by Crippen LogP contribution is 2.47. The van der Waals surface area contributed by atoms with Gasteiger partial charge in [-0.15, -0.1) is 0 Å². The van der Waals surface area contributed by atoms with Crippen molar-refractivity contribution in [3.05, 3.63) is 69.0 Å². The van der Waals surface area contributed by atoms with Gasteiger partial charge in [0.25, 0.3) is 5.56 Å². The van der Waals surface area contributed by atoms with Gasteiger partial charge in [-0.1, -0.05) is 17.7 Å². The van der Waals surface area contributed by atoms with Gasteiger partial charge in [0, 0.05) is 5.54 Å². The molecule has 3 aromatic rings. The van der Waals surface area contributed by atoms with Gasteiger partial charge in [-0.2, -0.15) is 5.26 Å². The molecular weight excluding hydrogens is 447 g/mol. The Labute approximate surface area is 194 Å². The number of halogens is 2. The number of aromatic nitrogens is 2. The molecule has 1 aliphatic rings. The molecule has 1 aliphatic carbocycles. The predicted octanol–water partition coefficient (Wildman–Crippen LogP) is 5.28. The zero-order valence-corrected chi connectivity index (χ0v) is 19.1. The van der Waals surface area contributed by atoms with Crippen LogP contribution in [-0.2, 0) is 0 Å². The Morgan fingerprint density at radius 1 is 1.33 bits per heavy atom. The number of amides is 1. The zero-order chi connectivity index (χ0) is 24.1. The molecule has 7 nitrogen and oxygen atoms in total. The summed E-state index contributed by atoms with van der Waals surface area (Å²) in [5, 5.41) is 19.4. The first-order valence-corrected chi connectivity index (χ1v) is 10.8. The van der Waals surface area contributed by atoms with Crippen molar-refractivity contribution >= 4 is 28.6 Å². The third-order valence-electron chi connectivity index (χ3n) is 5.69. The SMILES string of the molecule is CC(C)(C)N(C(=O)O)[C@H](c1nc2c(Cl)cc(F)cc2c(=O)n1-c1cccc(C#N)c1)C1CC1. The fourth-order valence-electron chi connectivity index (χ4n) is 4.17. The summed E-state index contributed by atoms with van der Waals surface area (Å²) >= 11 is 6.26. The van der Waals surface area contributed by atoms with E-state index >= 15 is 0 Å². The second kappa shape index (κ2) is 8.16. The van der Waals surface area contributed by atoms with E-state index < -0.39 is 29.1 Å². The largest absolute Gasteiger partial charge is 0.465 e. The Balaban J connectivity index is 2.13. The zero-order valence-electron chi connectivity index (χ0n) is 18.3. The van der Waals surface area contributed by atoms with Gasteiger partial charge in [0.15, 0.2) is 0 Å². The van der Waals surface area contributed by atoms with Gasteiger partial charge in [-0.3, -0.25) is 14.3 Å². The number of carboxylic acid groups (broad SMARTS) is 1. The standard InChI is InChI=1S/C24H22ClFN4O3/c1-24(2,3)30(23(32)33)20(14-7-8-14)21-28-19-17(10-15(26)11-18(19)25)22(31)29(21)16-6-4-5-13(9-16)12-27/h4-6,9-11,14,20H,7-8H2,1-3H3,(H,32,33)/t20-/m0/s1. The molecule has 1 fully saturated rings. The molecule has 1 amide bonds. The summed E-state index contributed by atoms with van der Waals surface area (Å²) in [6, 6.07) is 9.80. The lowest BCUT2D eigenvalue weighted by Gasteiger charge is -2.40. The Morgan fingerprint density at radius 3 is 2.61 bits per heavy atom. The molecule has 9 heteroatoms. The van der Waals surface area contributed by atoms with Gasteiger partial charge in [0.1, 0.15) is 11.6 Å². The molecule has 0 bridgehead atoms. The first kappa shape index (κ1) is 22.7. The van der Waals surface area contributed by atoms with E-state index in [-0.39, 0.29) is 27.7 Å². The fourth-order valence-corrected chi connectivity index (χ4v) is 4.41. The second-order valence-electron chi connectivity index (χ2n) is 9.16. The number of hydrogen-bond acceptors (Lipinski definition) is 4. The molecule has 0 unspecified atom stereocenters. The Bertz CT molecular complexity index is 1370. The fraction of sp³-hybridized carbons (Fsp3) is 0.333. The molecule has 1 heterocycles. The predicted molar refractivity (Wildman–Crippen MR) is 122 cm³/mol. The molecule has 0 saturated heterocycles. The number of nitriles is 1. The van der Waals surface area contributed by atoms with Crippen molar-refractivity contribution in [2.45, 2.75) is 45.2 Å². The molecule has 0 aliphatic heterocycles. The van der Waals surface area contributed by atoms with Gasteiger partial charge in [0.05, 0.1) is 39.3 Å². The highest BCUT2D eigenvalue weighted by atomic mass is 35.5.